The molecule has 0 radical (unpaired) electrons. The fraction of sp³-hybridized carbons (Fsp3) is 0.235. The molecule has 1 heterocycles. The normalized spacial score (nSPS) is 15.3. The van der Waals surface area contributed by atoms with Gasteiger partial charge in [0, 0.05) is 17.0 Å². The first-order valence-corrected chi connectivity index (χ1v) is 7.29. The number of carbonyl (C=O) groups is 1. The van der Waals surface area contributed by atoms with Crippen LogP contribution in [0.15, 0.2) is 36.4 Å². The zero-order valence-corrected chi connectivity index (χ0v) is 12.4. The third-order valence-electron chi connectivity index (χ3n) is 3.79. The Kier molecular flexibility index (Phi) is 3.70. The SMILES string of the molecule is Cc1ccc(C(O)c2cc(Cl)cc3c2NC(=O)CC3)cc1. The molecule has 0 saturated carbocycles. The molecule has 2 aromatic rings. The molecule has 21 heavy (non-hydrogen) atoms. The topological polar surface area (TPSA) is 49.3 Å². The summed E-state index contributed by atoms with van der Waals surface area (Å²) in [5.41, 5.74) is 4.23. The molecule has 3 rings (SSSR count). The molecule has 1 aliphatic rings. The lowest BCUT2D eigenvalue weighted by atomic mass is 9.93. The average molecular weight is 302 g/mol. The van der Waals surface area contributed by atoms with Crippen LogP contribution in [0.4, 0.5) is 5.69 Å². The van der Waals surface area contributed by atoms with Crippen molar-refractivity contribution in [1.29, 1.82) is 0 Å². The first-order valence-electron chi connectivity index (χ1n) is 6.91. The van der Waals surface area contributed by atoms with Gasteiger partial charge in [0.2, 0.25) is 5.91 Å². The first-order chi connectivity index (χ1) is 10.0. The highest BCUT2D eigenvalue weighted by molar-refractivity contribution is 6.31. The first kappa shape index (κ1) is 14.1. The number of hydrogen-bond donors (Lipinski definition) is 2. The summed E-state index contributed by atoms with van der Waals surface area (Å²) < 4.78 is 0. The Morgan fingerprint density at radius 1 is 1.19 bits per heavy atom. The van der Waals surface area contributed by atoms with Gasteiger partial charge in [-0.1, -0.05) is 41.4 Å². The minimum Gasteiger partial charge on any atom is -0.384 e. The van der Waals surface area contributed by atoms with Crippen molar-refractivity contribution in [2.45, 2.75) is 25.9 Å². The van der Waals surface area contributed by atoms with Crippen molar-refractivity contribution >= 4 is 23.2 Å². The van der Waals surface area contributed by atoms with E-state index in [4.69, 9.17) is 11.6 Å². The van der Waals surface area contributed by atoms with E-state index in [2.05, 4.69) is 5.32 Å². The Hall–Kier alpha value is -1.84. The van der Waals surface area contributed by atoms with Crippen LogP contribution in [0, 0.1) is 6.92 Å². The summed E-state index contributed by atoms with van der Waals surface area (Å²) in [6.07, 6.45) is 0.291. The van der Waals surface area contributed by atoms with Gasteiger partial charge in [0.25, 0.3) is 0 Å². The summed E-state index contributed by atoms with van der Waals surface area (Å²) in [7, 11) is 0. The maximum Gasteiger partial charge on any atom is 0.224 e. The van der Waals surface area contributed by atoms with Gasteiger partial charge in [-0.2, -0.15) is 0 Å². The molecule has 0 fully saturated rings. The van der Waals surface area contributed by atoms with Gasteiger partial charge in [-0.05, 0) is 36.6 Å². The number of anilines is 1. The summed E-state index contributed by atoms with van der Waals surface area (Å²) in [4.78, 5) is 11.6. The summed E-state index contributed by atoms with van der Waals surface area (Å²) in [5.74, 6) is -0.0258. The van der Waals surface area contributed by atoms with Crippen molar-refractivity contribution in [2.24, 2.45) is 0 Å². The third kappa shape index (κ3) is 2.80. The molecule has 2 aromatic carbocycles. The average Bonchev–Trinajstić information content (AvgIpc) is 2.47. The van der Waals surface area contributed by atoms with Crippen molar-refractivity contribution in [3.63, 3.8) is 0 Å². The van der Waals surface area contributed by atoms with E-state index in [1.165, 1.54) is 0 Å². The number of benzene rings is 2. The molecule has 0 spiro atoms. The maximum atomic E-state index is 11.6. The van der Waals surface area contributed by atoms with Crippen molar-refractivity contribution in [2.75, 3.05) is 5.32 Å². The lowest BCUT2D eigenvalue weighted by Gasteiger charge is -2.23. The molecule has 3 nitrogen and oxygen atoms in total. The lowest BCUT2D eigenvalue weighted by molar-refractivity contribution is -0.116. The van der Waals surface area contributed by atoms with Gasteiger partial charge in [-0.15, -0.1) is 0 Å². The smallest absolute Gasteiger partial charge is 0.224 e. The Morgan fingerprint density at radius 2 is 1.90 bits per heavy atom. The number of carbonyl (C=O) groups excluding carboxylic acids is 1. The van der Waals surface area contributed by atoms with Crippen molar-refractivity contribution in [1.82, 2.24) is 0 Å². The van der Waals surface area contributed by atoms with Crippen LogP contribution >= 0.6 is 11.6 Å². The number of nitrogens with one attached hydrogen (secondary N) is 1. The molecule has 1 atom stereocenters. The molecule has 108 valence electrons. The molecule has 4 heteroatoms. The number of aliphatic hydroxyl groups is 1. The van der Waals surface area contributed by atoms with Gasteiger partial charge < -0.3 is 10.4 Å². The van der Waals surface area contributed by atoms with Crippen LogP contribution in [-0.4, -0.2) is 11.0 Å². The Morgan fingerprint density at radius 3 is 2.62 bits per heavy atom. The van der Waals surface area contributed by atoms with Crippen molar-refractivity contribution in [3.8, 4) is 0 Å². The van der Waals surface area contributed by atoms with Crippen LogP contribution < -0.4 is 5.32 Å². The van der Waals surface area contributed by atoms with Crippen LogP contribution in [0.1, 0.15) is 34.8 Å². The van der Waals surface area contributed by atoms with E-state index in [0.29, 0.717) is 29.1 Å². The van der Waals surface area contributed by atoms with Gasteiger partial charge in [0.1, 0.15) is 6.10 Å². The van der Waals surface area contributed by atoms with E-state index in [0.717, 1.165) is 16.7 Å². The second-order valence-electron chi connectivity index (χ2n) is 5.39. The fourth-order valence-corrected chi connectivity index (χ4v) is 2.88. The van der Waals surface area contributed by atoms with Gasteiger partial charge in [0.05, 0.1) is 5.69 Å². The number of fused-ring (bicyclic) bond motifs is 1. The highest BCUT2D eigenvalue weighted by Gasteiger charge is 2.23. The summed E-state index contributed by atoms with van der Waals surface area (Å²) in [6, 6.07) is 11.2. The Bertz CT molecular complexity index is 695. The zero-order valence-electron chi connectivity index (χ0n) is 11.7. The second kappa shape index (κ2) is 5.51. The van der Waals surface area contributed by atoms with Gasteiger partial charge in [0.15, 0.2) is 0 Å². The fourth-order valence-electron chi connectivity index (χ4n) is 2.63. The number of rotatable bonds is 2. The minimum atomic E-state index is -0.809. The molecule has 0 aromatic heterocycles. The molecule has 0 aliphatic carbocycles. The quantitative estimate of drug-likeness (QED) is 0.890. The highest BCUT2D eigenvalue weighted by Crippen LogP contribution is 2.36. The van der Waals surface area contributed by atoms with E-state index in [-0.39, 0.29) is 5.91 Å². The second-order valence-corrected chi connectivity index (χ2v) is 5.83. The monoisotopic (exact) mass is 301 g/mol. The largest absolute Gasteiger partial charge is 0.384 e. The van der Waals surface area contributed by atoms with Gasteiger partial charge >= 0.3 is 0 Å². The summed E-state index contributed by atoms with van der Waals surface area (Å²) in [5, 5.41) is 14.1. The van der Waals surface area contributed by atoms with Crippen LogP contribution in [0.25, 0.3) is 0 Å². The van der Waals surface area contributed by atoms with Crippen molar-refractivity contribution < 1.29 is 9.90 Å². The number of halogens is 1. The molecule has 1 amide bonds. The van der Waals surface area contributed by atoms with Crippen LogP contribution in [0.3, 0.4) is 0 Å². The highest BCUT2D eigenvalue weighted by atomic mass is 35.5. The number of amides is 1. The molecule has 0 bridgehead atoms. The Balaban J connectivity index is 2.07. The molecular formula is C17H16ClNO2. The van der Waals surface area contributed by atoms with Crippen LogP contribution in [0.5, 0.6) is 0 Å². The molecule has 1 aliphatic heterocycles. The molecular weight excluding hydrogens is 286 g/mol. The number of aliphatic hydroxyl groups excluding tert-OH is 1. The lowest BCUT2D eigenvalue weighted by Crippen LogP contribution is -2.21. The van der Waals surface area contributed by atoms with E-state index >= 15 is 0 Å². The van der Waals surface area contributed by atoms with Crippen LogP contribution in [-0.2, 0) is 11.2 Å². The van der Waals surface area contributed by atoms with Gasteiger partial charge in [-0.25, -0.2) is 0 Å². The minimum absolute atomic E-state index is 0.0258. The number of aryl methyl sites for hydroxylation is 2. The maximum absolute atomic E-state index is 11.6. The predicted octanol–water partition coefficient (Wildman–Crippen LogP) is 3.61. The third-order valence-corrected chi connectivity index (χ3v) is 4.01. The Labute approximate surface area is 128 Å². The molecule has 1 unspecified atom stereocenters. The van der Waals surface area contributed by atoms with Crippen molar-refractivity contribution in [3.05, 3.63) is 63.7 Å². The molecule has 0 saturated heterocycles. The van der Waals surface area contributed by atoms with Crippen LogP contribution in [0.2, 0.25) is 5.02 Å². The standard InChI is InChI=1S/C17H16ClNO2/c1-10-2-4-11(5-3-10)17(21)14-9-13(18)8-12-6-7-15(20)19-16(12)14/h2-5,8-9,17,21H,6-7H2,1H3,(H,19,20). The van der Waals surface area contributed by atoms with E-state index in [1.807, 2.05) is 37.3 Å². The van der Waals surface area contributed by atoms with E-state index in [1.54, 1.807) is 6.07 Å². The van der Waals surface area contributed by atoms with Gasteiger partial charge in [-0.3, -0.25) is 4.79 Å². The predicted molar refractivity (Wildman–Crippen MR) is 83.6 cm³/mol. The molecule has 2 N–H and O–H groups in total. The number of hydrogen-bond acceptors (Lipinski definition) is 2. The zero-order chi connectivity index (χ0) is 15.0. The summed E-state index contributed by atoms with van der Waals surface area (Å²) in [6.45, 7) is 2.00. The van der Waals surface area contributed by atoms with E-state index in [9.17, 15) is 9.90 Å². The summed E-state index contributed by atoms with van der Waals surface area (Å²) >= 11 is 6.15. The van der Waals surface area contributed by atoms with E-state index < -0.39 is 6.10 Å².